The van der Waals surface area contributed by atoms with Gasteiger partial charge < -0.3 is 19.5 Å². The predicted molar refractivity (Wildman–Crippen MR) is 93.2 cm³/mol. The third kappa shape index (κ3) is 3.97. The number of hydrogen-bond donors (Lipinski definition) is 1. The van der Waals surface area contributed by atoms with Crippen LogP contribution in [0.4, 0.5) is 5.69 Å². The molecule has 132 valence electrons. The second-order valence-electron chi connectivity index (χ2n) is 4.92. The molecule has 25 heavy (non-hydrogen) atoms. The summed E-state index contributed by atoms with van der Waals surface area (Å²) >= 11 is 1.07. The number of ketones is 1. The molecule has 0 saturated heterocycles. The number of ether oxygens (including phenoxy) is 3. The summed E-state index contributed by atoms with van der Waals surface area (Å²) in [5.74, 6) is -0.524. The molecule has 0 aliphatic rings. The summed E-state index contributed by atoms with van der Waals surface area (Å²) in [7, 11) is 4.12. The minimum absolute atomic E-state index is 0.120. The van der Waals surface area contributed by atoms with Gasteiger partial charge in [-0.25, -0.2) is 4.79 Å². The molecule has 1 N–H and O–H groups in total. The summed E-state index contributed by atoms with van der Waals surface area (Å²) in [6, 6.07) is 6.03. The van der Waals surface area contributed by atoms with E-state index in [1.807, 2.05) is 0 Å². The number of thiophene rings is 1. The molecule has 0 radical (unpaired) electrons. The van der Waals surface area contributed by atoms with E-state index < -0.39 is 11.9 Å². The monoisotopic (exact) mass is 363 g/mol. The van der Waals surface area contributed by atoms with Crippen LogP contribution in [0.25, 0.3) is 0 Å². The lowest BCUT2D eigenvalue weighted by atomic mass is 10.1. The Hall–Kier alpha value is -2.87. The predicted octanol–water partition coefficient (Wildman–Crippen LogP) is 3.01. The molecule has 0 aliphatic heterocycles. The highest BCUT2D eigenvalue weighted by molar-refractivity contribution is 7.16. The van der Waals surface area contributed by atoms with Crippen LogP contribution in [-0.2, 0) is 4.74 Å². The first kappa shape index (κ1) is 18.5. The summed E-state index contributed by atoms with van der Waals surface area (Å²) in [6.45, 7) is 1.43. The van der Waals surface area contributed by atoms with E-state index >= 15 is 0 Å². The van der Waals surface area contributed by atoms with Gasteiger partial charge in [-0.3, -0.25) is 9.59 Å². The van der Waals surface area contributed by atoms with Crippen molar-refractivity contribution in [3.8, 4) is 11.5 Å². The van der Waals surface area contributed by atoms with Crippen molar-refractivity contribution in [2.45, 2.75) is 6.92 Å². The molecule has 0 atom stereocenters. The van der Waals surface area contributed by atoms with E-state index in [9.17, 15) is 14.4 Å². The maximum Gasteiger partial charge on any atom is 0.340 e. The average molecular weight is 363 g/mol. The number of esters is 1. The Balaban J connectivity index is 2.40. The van der Waals surface area contributed by atoms with Gasteiger partial charge in [-0.05, 0) is 19.1 Å². The molecule has 0 fully saturated rings. The Kier molecular flexibility index (Phi) is 5.76. The second kappa shape index (κ2) is 7.80. The molecular formula is C17H17NO6S. The lowest BCUT2D eigenvalue weighted by Gasteiger charge is -2.14. The van der Waals surface area contributed by atoms with Crippen LogP contribution < -0.4 is 14.8 Å². The molecule has 1 aromatic carbocycles. The molecule has 2 rings (SSSR count). The van der Waals surface area contributed by atoms with Gasteiger partial charge in [0.05, 0.1) is 42.3 Å². The van der Waals surface area contributed by atoms with Crippen molar-refractivity contribution in [1.82, 2.24) is 0 Å². The fourth-order valence-corrected chi connectivity index (χ4v) is 2.89. The maximum absolute atomic E-state index is 12.4. The Morgan fingerprint density at radius 2 is 1.56 bits per heavy atom. The standard InChI is InChI=1S/C17H17NO6S/c1-9(19)14-5-6-15(25-14)16(20)18-11-8-13(23-3)12(22-2)7-10(11)17(21)24-4/h5-8H,1-4H3,(H,18,20). The van der Waals surface area contributed by atoms with E-state index in [1.54, 1.807) is 12.1 Å². The summed E-state index contributed by atoms with van der Waals surface area (Å²) < 4.78 is 15.1. The van der Waals surface area contributed by atoms with Crippen LogP contribution in [0.5, 0.6) is 11.5 Å². The molecule has 2 aromatic rings. The highest BCUT2D eigenvalue weighted by Gasteiger charge is 2.20. The van der Waals surface area contributed by atoms with Gasteiger partial charge in [0.25, 0.3) is 5.91 Å². The molecule has 0 bridgehead atoms. The van der Waals surface area contributed by atoms with Crippen molar-refractivity contribution in [3.63, 3.8) is 0 Å². The maximum atomic E-state index is 12.4. The summed E-state index contributed by atoms with van der Waals surface area (Å²) in [4.78, 5) is 36.6. The second-order valence-corrected chi connectivity index (χ2v) is 6.00. The van der Waals surface area contributed by atoms with E-state index in [2.05, 4.69) is 5.32 Å². The van der Waals surface area contributed by atoms with Crippen molar-refractivity contribution < 1.29 is 28.6 Å². The van der Waals surface area contributed by atoms with E-state index in [0.717, 1.165) is 11.3 Å². The molecular weight excluding hydrogens is 346 g/mol. The zero-order valence-electron chi connectivity index (χ0n) is 14.2. The topological polar surface area (TPSA) is 90.9 Å². The lowest BCUT2D eigenvalue weighted by Crippen LogP contribution is -2.15. The Morgan fingerprint density at radius 1 is 0.960 bits per heavy atom. The van der Waals surface area contributed by atoms with Crippen molar-refractivity contribution >= 4 is 34.7 Å². The number of Topliss-reactive ketones (excluding diaryl/α,β-unsaturated/α-hetero) is 1. The number of carbonyl (C=O) groups is 3. The highest BCUT2D eigenvalue weighted by Crippen LogP contribution is 2.34. The van der Waals surface area contributed by atoms with Crippen LogP contribution in [0.15, 0.2) is 24.3 Å². The first-order chi connectivity index (χ1) is 11.9. The van der Waals surface area contributed by atoms with Gasteiger partial charge in [-0.2, -0.15) is 0 Å². The minimum Gasteiger partial charge on any atom is -0.493 e. The van der Waals surface area contributed by atoms with Crippen LogP contribution in [0.3, 0.4) is 0 Å². The molecule has 1 aromatic heterocycles. The van der Waals surface area contributed by atoms with Crippen LogP contribution in [0.1, 0.15) is 36.6 Å². The normalized spacial score (nSPS) is 10.1. The summed E-state index contributed by atoms with van der Waals surface area (Å²) in [5, 5.41) is 2.64. The molecule has 8 heteroatoms. The minimum atomic E-state index is -0.633. The van der Waals surface area contributed by atoms with Crippen molar-refractivity contribution in [2.75, 3.05) is 26.6 Å². The third-order valence-electron chi connectivity index (χ3n) is 3.35. The molecule has 1 amide bonds. The number of hydrogen-bond acceptors (Lipinski definition) is 7. The van der Waals surface area contributed by atoms with Crippen molar-refractivity contribution in [3.05, 3.63) is 39.6 Å². The molecule has 0 aliphatic carbocycles. The highest BCUT2D eigenvalue weighted by atomic mass is 32.1. The van der Waals surface area contributed by atoms with Gasteiger partial charge in [-0.15, -0.1) is 11.3 Å². The molecule has 0 unspecified atom stereocenters. The fraction of sp³-hybridized carbons (Fsp3) is 0.235. The molecule has 1 heterocycles. The van der Waals surface area contributed by atoms with Gasteiger partial charge in [-0.1, -0.05) is 0 Å². The average Bonchev–Trinajstić information content (AvgIpc) is 3.11. The van der Waals surface area contributed by atoms with Crippen LogP contribution in [-0.4, -0.2) is 39.0 Å². The number of anilines is 1. The first-order valence-corrected chi connectivity index (χ1v) is 7.99. The number of rotatable bonds is 6. The molecule has 0 spiro atoms. The number of carbonyl (C=O) groups excluding carboxylic acids is 3. The van der Waals surface area contributed by atoms with E-state index in [-0.39, 0.29) is 17.0 Å². The Labute approximate surface area is 148 Å². The van der Waals surface area contributed by atoms with E-state index in [1.165, 1.54) is 40.4 Å². The lowest BCUT2D eigenvalue weighted by molar-refractivity contribution is 0.0601. The molecule has 7 nitrogen and oxygen atoms in total. The summed E-state index contributed by atoms with van der Waals surface area (Å²) in [6.07, 6.45) is 0. The zero-order valence-corrected chi connectivity index (χ0v) is 15.0. The van der Waals surface area contributed by atoms with Gasteiger partial charge in [0, 0.05) is 12.1 Å². The fourth-order valence-electron chi connectivity index (χ4n) is 2.09. The number of methoxy groups -OCH3 is 3. The Bertz CT molecular complexity index is 827. The van der Waals surface area contributed by atoms with Crippen molar-refractivity contribution in [1.29, 1.82) is 0 Å². The largest absolute Gasteiger partial charge is 0.493 e. The van der Waals surface area contributed by atoms with E-state index in [4.69, 9.17) is 14.2 Å². The van der Waals surface area contributed by atoms with Gasteiger partial charge in [0.15, 0.2) is 17.3 Å². The van der Waals surface area contributed by atoms with Crippen LogP contribution >= 0.6 is 11.3 Å². The third-order valence-corrected chi connectivity index (χ3v) is 4.54. The van der Waals surface area contributed by atoms with Gasteiger partial charge in [0.1, 0.15) is 0 Å². The SMILES string of the molecule is COC(=O)c1cc(OC)c(OC)cc1NC(=O)c1ccc(C(C)=O)s1. The number of benzene rings is 1. The number of amides is 1. The van der Waals surface area contributed by atoms with Gasteiger partial charge in [0.2, 0.25) is 0 Å². The zero-order chi connectivity index (χ0) is 18.6. The number of nitrogens with one attached hydrogen (secondary N) is 1. The van der Waals surface area contributed by atoms with E-state index in [0.29, 0.717) is 21.3 Å². The van der Waals surface area contributed by atoms with Gasteiger partial charge >= 0.3 is 5.97 Å². The Morgan fingerprint density at radius 3 is 2.08 bits per heavy atom. The molecule has 0 saturated carbocycles. The van der Waals surface area contributed by atoms with Crippen molar-refractivity contribution in [2.24, 2.45) is 0 Å². The van der Waals surface area contributed by atoms with Crippen LogP contribution in [0.2, 0.25) is 0 Å². The quantitative estimate of drug-likeness (QED) is 0.627. The smallest absolute Gasteiger partial charge is 0.340 e. The first-order valence-electron chi connectivity index (χ1n) is 7.17. The summed E-state index contributed by atoms with van der Waals surface area (Å²) in [5.41, 5.74) is 0.337. The van der Waals surface area contributed by atoms with Crippen LogP contribution in [0, 0.1) is 0 Å².